The molecule has 0 radical (unpaired) electrons. The molecular weight excluding hydrogens is 295 g/mol. The second kappa shape index (κ2) is 7.20. The Morgan fingerprint density at radius 2 is 2.38 bits per heavy atom. The fraction of sp³-hybridized carbons (Fsp3) is 0.533. The number of carbonyl (C=O) groups excluding carboxylic acids is 1. The molecule has 3 atom stereocenters. The highest BCUT2D eigenvalue weighted by Crippen LogP contribution is 2.31. The summed E-state index contributed by atoms with van der Waals surface area (Å²) >= 11 is 5.68. The summed E-state index contributed by atoms with van der Waals surface area (Å²) in [5.74, 6) is -0.677. The van der Waals surface area contributed by atoms with Crippen LogP contribution in [0.2, 0.25) is 5.02 Å². The van der Waals surface area contributed by atoms with Crippen LogP contribution in [0.15, 0.2) is 18.2 Å². The summed E-state index contributed by atoms with van der Waals surface area (Å²) in [5.41, 5.74) is 6.47. The van der Waals surface area contributed by atoms with Gasteiger partial charge in [-0.1, -0.05) is 31.0 Å². The van der Waals surface area contributed by atoms with Gasteiger partial charge in [0, 0.05) is 6.61 Å². The van der Waals surface area contributed by atoms with Crippen LogP contribution < -0.4 is 11.1 Å². The molecule has 4 nitrogen and oxygen atoms in total. The first-order chi connectivity index (χ1) is 10.0. The van der Waals surface area contributed by atoms with Crippen molar-refractivity contribution in [3.05, 3.63) is 34.6 Å². The summed E-state index contributed by atoms with van der Waals surface area (Å²) in [4.78, 5) is 12.0. The number of hydrogen-bond donors (Lipinski definition) is 2. The Morgan fingerprint density at radius 3 is 3.05 bits per heavy atom. The molecule has 1 heterocycles. The van der Waals surface area contributed by atoms with Crippen LogP contribution in [0.5, 0.6) is 0 Å². The van der Waals surface area contributed by atoms with Crippen LogP contribution >= 0.6 is 11.6 Å². The molecule has 3 unspecified atom stereocenters. The Kier molecular flexibility index (Phi) is 5.56. The molecule has 0 aromatic heterocycles. The van der Waals surface area contributed by atoms with Gasteiger partial charge in [-0.15, -0.1) is 0 Å². The molecule has 0 bridgehead atoms. The molecule has 116 valence electrons. The predicted octanol–water partition coefficient (Wildman–Crippen LogP) is 2.55. The average molecular weight is 315 g/mol. The van der Waals surface area contributed by atoms with Gasteiger partial charge in [0.25, 0.3) is 0 Å². The van der Waals surface area contributed by atoms with E-state index >= 15 is 0 Å². The monoisotopic (exact) mass is 314 g/mol. The predicted molar refractivity (Wildman–Crippen MR) is 79.5 cm³/mol. The second-order valence-electron chi connectivity index (χ2n) is 5.26. The summed E-state index contributed by atoms with van der Waals surface area (Å²) in [6.07, 6.45) is 1.80. The van der Waals surface area contributed by atoms with Crippen molar-refractivity contribution >= 4 is 17.5 Å². The minimum Gasteiger partial charge on any atom is -0.371 e. The minimum atomic E-state index is -0.516. The Labute approximate surface area is 128 Å². The average Bonchev–Trinajstić information content (AvgIpc) is 2.90. The molecular formula is C15H20ClFN2O2. The molecule has 1 aliphatic heterocycles. The molecule has 2 rings (SSSR count). The maximum Gasteiger partial charge on any atom is 0.237 e. The number of carbonyl (C=O) groups is 1. The molecule has 0 spiro atoms. The molecule has 21 heavy (non-hydrogen) atoms. The highest BCUT2D eigenvalue weighted by atomic mass is 35.5. The third-order valence-corrected chi connectivity index (χ3v) is 3.93. The van der Waals surface area contributed by atoms with Gasteiger partial charge >= 0.3 is 0 Å². The van der Waals surface area contributed by atoms with Gasteiger partial charge in [0.05, 0.1) is 17.1 Å². The summed E-state index contributed by atoms with van der Waals surface area (Å²) in [6, 6.07) is 3.85. The topological polar surface area (TPSA) is 64.4 Å². The molecule has 0 saturated carbocycles. The summed E-state index contributed by atoms with van der Waals surface area (Å²) in [5, 5.41) is 2.97. The van der Waals surface area contributed by atoms with Crippen molar-refractivity contribution < 1.29 is 13.9 Å². The van der Waals surface area contributed by atoms with E-state index in [1.54, 1.807) is 6.07 Å². The molecule has 1 aromatic carbocycles. The number of nitrogens with one attached hydrogen (secondary N) is 1. The molecule has 1 saturated heterocycles. The Bertz CT molecular complexity index is 512. The van der Waals surface area contributed by atoms with Crippen molar-refractivity contribution in [2.24, 2.45) is 5.73 Å². The molecule has 1 fully saturated rings. The van der Waals surface area contributed by atoms with E-state index in [9.17, 15) is 9.18 Å². The van der Waals surface area contributed by atoms with Gasteiger partial charge in [0.15, 0.2) is 0 Å². The molecule has 3 N–H and O–H groups in total. The first-order valence-electron chi connectivity index (χ1n) is 7.15. The standard InChI is InChI=1S/C15H20ClFN2O2/c1-2-3-12(18)15(20)19-13-6-7-21-14(13)9-4-5-10(16)11(17)8-9/h4-5,8,12-14H,2-3,6-7,18H2,1H3,(H,19,20). The molecule has 0 aliphatic carbocycles. The van der Waals surface area contributed by atoms with Gasteiger partial charge in [-0.05, 0) is 30.5 Å². The number of ether oxygens (including phenoxy) is 1. The van der Waals surface area contributed by atoms with Crippen LogP contribution in [0.3, 0.4) is 0 Å². The van der Waals surface area contributed by atoms with E-state index < -0.39 is 11.9 Å². The van der Waals surface area contributed by atoms with Gasteiger partial charge in [0.1, 0.15) is 11.9 Å². The minimum absolute atomic E-state index is 0.0716. The lowest BCUT2D eigenvalue weighted by atomic mass is 10.0. The van der Waals surface area contributed by atoms with Crippen LogP contribution in [0.25, 0.3) is 0 Å². The summed E-state index contributed by atoms with van der Waals surface area (Å²) in [6.45, 7) is 2.49. The number of rotatable bonds is 5. The number of hydrogen-bond acceptors (Lipinski definition) is 3. The van der Waals surface area contributed by atoms with Gasteiger partial charge in [-0.3, -0.25) is 4.79 Å². The molecule has 1 aromatic rings. The first-order valence-corrected chi connectivity index (χ1v) is 7.53. The van der Waals surface area contributed by atoms with Crippen LogP contribution in [-0.2, 0) is 9.53 Å². The quantitative estimate of drug-likeness (QED) is 0.878. The maximum atomic E-state index is 13.6. The van der Waals surface area contributed by atoms with E-state index in [4.69, 9.17) is 22.1 Å². The van der Waals surface area contributed by atoms with Crippen molar-refractivity contribution in [2.75, 3.05) is 6.61 Å². The number of amides is 1. The lowest BCUT2D eigenvalue weighted by Gasteiger charge is -2.22. The van der Waals surface area contributed by atoms with E-state index in [0.29, 0.717) is 25.0 Å². The van der Waals surface area contributed by atoms with Crippen LogP contribution in [0.1, 0.15) is 37.9 Å². The van der Waals surface area contributed by atoms with E-state index in [1.165, 1.54) is 12.1 Å². The van der Waals surface area contributed by atoms with Crippen molar-refractivity contribution in [1.82, 2.24) is 5.32 Å². The fourth-order valence-corrected chi connectivity index (χ4v) is 2.60. The van der Waals surface area contributed by atoms with Crippen molar-refractivity contribution in [3.63, 3.8) is 0 Å². The highest BCUT2D eigenvalue weighted by Gasteiger charge is 2.32. The van der Waals surface area contributed by atoms with Crippen molar-refractivity contribution in [2.45, 2.75) is 44.4 Å². The Hall–Kier alpha value is -1.17. The maximum absolute atomic E-state index is 13.6. The normalized spacial score (nSPS) is 23.0. The Morgan fingerprint density at radius 1 is 1.62 bits per heavy atom. The van der Waals surface area contributed by atoms with E-state index in [1.807, 2.05) is 6.92 Å². The zero-order valence-corrected chi connectivity index (χ0v) is 12.7. The fourth-order valence-electron chi connectivity index (χ4n) is 2.49. The number of nitrogens with two attached hydrogens (primary N) is 1. The third-order valence-electron chi connectivity index (χ3n) is 3.63. The van der Waals surface area contributed by atoms with Crippen molar-refractivity contribution in [1.29, 1.82) is 0 Å². The zero-order valence-electron chi connectivity index (χ0n) is 11.9. The van der Waals surface area contributed by atoms with Crippen LogP contribution in [-0.4, -0.2) is 24.6 Å². The molecule has 1 aliphatic rings. The largest absolute Gasteiger partial charge is 0.371 e. The van der Waals surface area contributed by atoms with Gasteiger partial charge in [-0.2, -0.15) is 0 Å². The van der Waals surface area contributed by atoms with Gasteiger partial charge < -0.3 is 15.8 Å². The van der Waals surface area contributed by atoms with E-state index in [-0.39, 0.29) is 23.1 Å². The first kappa shape index (κ1) is 16.2. The Balaban J connectivity index is 2.06. The van der Waals surface area contributed by atoms with E-state index in [2.05, 4.69) is 5.32 Å². The van der Waals surface area contributed by atoms with Crippen LogP contribution in [0.4, 0.5) is 4.39 Å². The SMILES string of the molecule is CCCC(N)C(=O)NC1CCOC1c1ccc(Cl)c(F)c1. The summed E-state index contributed by atoms with van der Waals surface area (Å²) < 4.78 is 19.2. The number of benzene rings is 1. The summed E-state index contributed by atoms with van der Waals surface area (Å²) in [7, 11) is 0. The van der Waals surface area contributed by atoms with Gasteiger partial charge in [-0.25, -0.2) is 4.39 Å². The van der Waals surface area contributed by atoms with Gasteiger partial charge in [0.2, 0.25) is 5.91 Å². The zero-order chi connectivity index (χ0) is 15.4. The highest BCUT2D eigenvalue weighted by molar-refractivity contribution is 6.30. The third kappa shape index (κ3) is 3.93. The molecule has 6 heteroatoms. The van der Waals surface area contributed by atoms with Crippen molar-refractivity contribution in [3.8, 4) is 0 Å². The van der Waals surface area contributed by atoms with E-state index in [0.717, 1.165) is 6.42 Å². The van der Waals surface area contributed by atoms with Crippen LogP contribution in [0, 0.1) is 5.82 Å². The smallest absolute Gasteiger partial charge is 0.237 e. The lowest BCUT2D eigenvalue weighted by molar-refractivity contribution is -0.123. The number of halogens is 2. The lowest BCUT2D eigenvalue weighted by Crippen LogP contribution is -2.46. The molecule has 1 amide bonds. The second-order valence-corrected chi connectivity index (χ2v) is 5.67.